The molecule has 1 fully saturated rings. The van der Waals surface area contributed by atoms with E-state index in [4.69, 9.17) is 14.6 Å². The predicted octanol–water partition coefficient (Wildman–Crippen LogP) is 1.97. The second kappa shape index (κ2) is 9.59. The predicted molar refractivity (Wildman–Crippen MR) is 108 cm³/mol. The van der Waals surface area contributed by atoms with Gasteiger partial charge in [0, 0.05) is 12.1 Å². The van der Waals surface area contributed by atoms with Gasteiger partial charge in [0.05, 0.1) is 38.5 Å². The molecular formula is C22H22FNO7. The Morgan fingerprint density at radius 3 is 2.48 bits per heavy atom. The van der Waals surface area contributed by atoms with Gasteiger partial charge in [0.15, 0.2) is 11.5 Å². The van der Waals surface area contributed by atoms with Gasteiger partial charge in [-0.3, -0.25) is 9.59 Å². The van der Waals surface area contributed by atoms with Crippen LogP contribution >= 0.6 is 0 Å². The Bertz CT molecular complexity index is 1000. The number of rotatable bonds is 8. The van der Waals surface area contributed by atoms with E-state index in [-0.39, 0.29) is 49.0 Å². The Hall–Kier alpha value is -3.43. The molecule has 1 atom stereocenters. The van der Waals surface area contributed by atoms with Crippen LogP contribution in [0.15, 0.2) is 48.0 Å². The van der Waals surface area contributed by atoms with Gasteiger partial charge in [0.1, 0.15) is 11.6 Å². The van der Waals surface area contributed by atoms with Gasteiger partial charge in [-0.2, -0.15) is 0 Å². The van der Waals surface area contributed by atoms with Crippen molar-refractivity contribution in [2.45, 2.75) is 6.04 Å². The van der Waals surface area contributed by atoms with Crippen molar-refractivity contribution < 1.29 is 38.8 Å². The monoisotopic (exact) mass is 431 g/mol. The first-order valence-electron chi connectivity index (χ1n) is 9.49. The van der Waals surface area contributed by atoms with E-state index < -0.39 is 29.3 Å². The summed E-state index contributed by atoms with van der Waals surface area (Å²) in [5, 5.41) is 29.6. The van der Waals surface area contributed by atoms with Gasteiger partial charge in [0.25, 0.3) is 11.7 Å². The number of phenolic OH excluding ortho intramolecular Hbond substituents is 1. The van der Waals surface area contributed by atoms with E-state index in [9.17, 15) is 24.2 Å². The first kappa shape index (κ1) is 22.3. The van der Waals surface area contributed by atoms with Crippen LogP contribution < -0.4 is 4.74 Å². The number of aliphatic hydroxyl groups is 2. The minimum Gasteiger partial charge on any atom is -0.507 e. The Labute approximate surface area is 177 Å². The molecule has 3 N–H and O–H groups in total. The lowest BCUT2D eigenvalue weighted by Gasteiger charge is -2.25. The van der Waals surface area contributed by atoms with Crippen LogP contribution in [0.25, 0.3) is 5.76 Å². The maximum absolute atomic E-state index is 13.3. The minimum absolute atomic E-state index is 0.0125. The van der Waals surface area contributed by atoms with Gasteiger partial charge in [0.2, 0.25) is 0 Å². The summed E-state index contributed by atoms with van der Waals surface area (Å²) < 4.78 is 23.7. The summed E-state index contributed by atoms with van der Waals surface area (Å²) in [6.07, 6.45) is 0. The number of aromatic hydroxyl groups is 1. The Morgan fingerprint density at radius 2 is 1.84 bits per heavy atom. The van der Waals surface area contributed by atoms with Crippen molar-refractivity contribution in [2.24, 2.45) is 0 Å². The number of carbonyl (C=O) groups is 2. The van der Waals surface area contributed by atoms with Crippen LogP contribution in [0, 0.1) is 5.82 Å². The topological polar surface area (TPSA) is 117 Å². The number of hydrogen-bond acceptors (Lipinski definition) is 7. The molecule has 31 heavy (non-hydrogen) atoms. The summed E-state index contributed by atoms with van der Waals surface area (Å²) >= 11 is 0. The van der Waals surface area contributed by atoms with Gasteiger partial charge in [-0.25, -0.2) is 4.39 Å². The number of carbonyl (C=O) groups excluding carboxylic acids is 2. The molecular weight excluding hydrogens is 409 g/mol. The van der Waals surface area contributed by atoms with E-state index in [1.54, 1.807) is 0 Å². The second-order valence-corrected chi connectivity index (χ2v) is 6.77. The molecule has 1 aliphatic rings. The number of likely N-dealkylation sites (tertiary alicyclic amines) is 1. The molecule has 9 heteroatoms. The molecule has 0 saturated carbocycles. The number of ketones is 1. The lowest BCUT2D eigenvalue weighted by molar-refractivity contribution is -0.140. The maximum Gasteiger partial charge on any atom is 0.295 e. The highest BCUT2D eigenvalue weighted by molar-refractivity contribution is 6.46. The number of hydrogen-bond donors (Lipinski definition) is 3. The number of aliphatic hydroxyl groups excluding tert-OH is 2. The number of phenols is 1. The molecule has 0 bridgehead atoms. The normalized spacial score (nSPS) is 17.9. The molecule has 1 unspecified atom stereocenters. The van der Waals surface area contributed by atoms with E-state index >= 15 is 0 Å². The van der Waals surface area contributed by atoms with Crippen molar-refractivity contribution in [2.75, 3.05) is 33.5 Å². The highest BCUT2D eigenvalue weighted by Crippen LogP contribution is 2.41. The SMILES string of the molecule is COc1cc(C2/C(=C(\O)c3ccc(F)cc3)C(=O)C(=O)N2CCOCCO)ccc1O. The molecule has 1 aliphatic heterocycles. The Balaban J connectivity index is 2.10. The zero-order valence-electron chi connectivity index (χ0n) is 16.7. The maximum atomic E-state index is 13.3. The number of halogens is 1. The van der Waals surface area contributed by atoms with E-state index in [2.05, 4.69) is 0 Å². The van der Waals surface area contributed by atoms with Crippen LogP contribution in [0.5, 0.6) is 11.5 Å². The smallest absolute Gasteiger partial charge is 0.295 e. The number of methoxy groups -OCH3 is 1. The Kier molecular flexibility index (Phi) is 6.88. The molecule has 0 spiro atoms. The van der Waals surface area contributed by atoms with Crippen LogP contribution in [0.2, 0.25) is 0 Å². The van der Waals surface area contributed by atoms with Crippen molar-refractivity contribution in [3.8, 4) is 11.5 Å². The fraction of sp³-hybridized carbons (Fsp3) is 0.273. The lowest BCUT2D eigenvalue weighted by atomic mass is 9.95. The first-order valence-corrected chi connectivity index (χ1v) is 9.49. The second-order valence-electron chi connectivity index (χ2n) is 6.77. The summed E-state index contributed by atoms with van der Waals surface area (Å²) in [6.45, 7) is -0.0618. The van der Waals surface area contributed by atoms with Gasteiger partial charge in [-0.1, -0.05) is 6.07 Å². The summed E-state index contributed by atoms with van der Waals surface area (Å²) in [5.41, 5.74) is 0.415. The summed E-state index contributed by atoms with van der Waals surface area (Å²) in [7, 11) is 1.36. The third-order valence-electron chi connectivity index (χ3n) is 4.89. The summed E-state index contributed by atoms with van der Waals surface area (Å²) in [5.74, 6) is -2.71. The van der Waals surface area contributed by atoms with Crippen LogP contribution in [-0.2, 0) is 14.3 Å². The Morgan fingerprint density at radius 1 is 1.13 bits per heavy atom. The highest BCUT2D eigenvalue weighted by atomic mass is 19.1. The molecule has 1 amide bonds. The fourth-order valence-corrected chi connectivity index (χ4v) is 3.41. The molecule has 2 aromatic carbocycles. The molecule has 2 aromatic rings. The number of Topliss-reactive ketones (excluding diaryl/α,β-unsaturated/α-hetero) is 1. The van der Waals surface area contributed by atoms with E-state index in [1.165, 1.54) is 42.3 Å². The van der Waals surface area contributed by atoms with Crippen LogP contribution in [-0.4, -0.2) is 65.4 Å². The average Bonchev–Trinajstić information content (AvgIpc) is 3.02. The third kappa shape index (κ3) is 4.52. The molecule has 1 saturated heterocycles. The molecule has 3 rings (SSSR count). The van der Waals surface area contributed by atoms with E-state index in [1.807, 2.05) is 0 Å². The third-order valence-corrected chi connectivity index (χ3v) is 4.89. The molecule has 0 aromatic heterocycles. The number of amides is 1. The number of ether oxygens (including phenoxy) is 2. The van der Waals surface area contributed by atoms with Crippen LogP contribution in [0.1, 0.15) is 17.2 Å². The molecule has 8 nitrogen and oxygen atoms in total. The summed E-state index contributed by atoms with van der Waals surface area (Å²) in [4.78, 5) is 26.8. The van der Waals surface area contributed by atoms with E-state index in [0.29, 0.717) is 5.56 Å². The zero-order chi connectivity index (χ0) is 22.5. The largest absolute Gasteiger partial charge is 0.507 e. The average molecular weight is 431 g/mol. The van der Waals surface area contributed by atoms with Gasteiger partial charge in [-0.15, -0.1) is 0 Å². The number of benzene rings is 2. The zero-order valence-corrected chi connectivity index (χ0v) is 16.7. The van der Waals surface area contributed by atoms with Crippen molar-refractivity contribution in [1.82, 2.24) is 4.90 Å². The van der Waals surface area contributed by atoms with Gasteiger partial charge in [-0.05, 0) is 42.0 Å². The fourth-order valence-electron chi connectivity index (χ4n) is 3.41. The van der Waals surface area contributed by atoms with Crippen molar-refractivity contribution in [3.05, 3.63) is 65.0 Å². The molecule has 0 radical (unpaired) electrons. The molecule has 1 heterocycles. The quantitative estimate of drug-likeness (QED) is 0.253. The molecule has 0 aliphatic carbocycles. The standard InChI is InChI=1S/C22H22FNO7/c1-30-17-12-14(4-7-16(17)26)19-18(20(27)13-2-5-15(23)6-3-13)21(28)22(29)24(19)8-10-31-11-9-25/h2-7,12,19,25-27H,8-11H2,1H3/b20-18+. The highest BCUT2D eigenvalue weighted by Gasteiger charge is 2.46. The van der Waals surface area contributed by atoms with Gasteiger partial charge < -0.3 is 29.7 Å². The minimum atomic E-state index is -0.989. The van der Waals surface area contributed by atoms with E-state index in [0.717, 1.165) is 12.1 Å². The lowest BCUT2D eigenvalue weighted by Crippen LogP contribution is -2.33. The molecule has 164 valence electrons. The van der Waals surface area contributed by atoms with Crippen molar-refractivity contribution in [1.29, 1.82) is 0 Å². The van der Waals surface area contributed by atoms with Crippen molar-refractivity contribution in [3.63, 3.8) is 0 Å². The van der Waals surface area contributed by atoms with Crippen LogP contribution in [0.4, 0.5) is 4.39 Å². The van der Waals surface area contributed by atoms with Gasteiger partial charge >= 0.3 is 0 Å². The van der Waals surface area contributed by atoms with Crippen molar-refractivity contribution >= 4 is 17.4 Å². The number of nitrogens with zero attached hydrogens (tertiary/aromatic N) is 1. The van der Waals surface area contributed by atoms with Crippen LogP contribution in [0.3, 0.4) is 0 Å². The summed E-state index contributed by atoms with van der Waals surface area (Å²) in [6, 6.07) is 8.21. The first-order chi connectivity index (χ1) is 14.9.